The van der Waals surface area contributed by atoms with Crippen LogP contribution < -0.4 is 9.47 Å². The number of ether oxygens (including phenoxy) is 2. The minimum Gasteiger partial charge on any atom is -0.493 e. The highest BCUT2D eigenvalue weighted by Crippen LogP contribution is 2.27. The highest BCUT2D eigenvalue weighted by atomic mass is 16.5. The van der Waals surface area contributed by atoms with Crippen LogP contribution in [-0.4, -0.2) is 14.2 Å². The smallest absolute Gasteiger partial charge is 0.160 e. The highest BCUT2D eigenvalue weighted by Gasteiger charge is 2.02. The third kappa shape index (κ3) is 3.29. The maximum absolute atomic E-state index is 5.15. The van der Waals surface area contributed by atoms with E-state index in [9.17, 15) is 0 Å². The van der Waals surface area contributed by atoms with Crippen LogP contribution in [0.15, 0.2) is 18.2 Å². The average molecular weight is 196 g/mol. The molecule has 0 fully saturated rings. The van der Waals surface area contributed by atoms with E-state index in [2.05, 4.69) is 6.92 Å². The third-order valence-electron chi connectivity index (χ3n) is 1.86. The summed E-state index contributed by atoms with van der Waals surface area (Å²) >= 11 is 0. The first kappa shape index (κ1) is 12.8. The van der Waals surface area contributed by atoms with Gasteiger partial charge in [0.2, 0.25) is 0 Å². The van der Waals surface area contributed by atoms with Gasteiger partial charge in [-0.05, 0) is 24.1 Å². The third-order valence-corrected chi connectivity index (χ3v) is 1.86. The molecule has 1 rings (SSSR count). The van der Waals surface area contributed by atoms with Crippen LogP contribution in [0.3, 0.4) is 0 Å². The van der Waals surface area contributed by atoms with Crippen LogP contribution in [0.5, 0.6) is 11.5 Å². The number of hydrogen-bond donors (Lipinski definition) is 0. The molecule has 0 radical (unpaired) electrons. The van der Waals surface area contributed by atoms with Gasteiger partial charge in [0.25, 0.3) is 0 Å². The normalized spacial score (nSPS) is 8.64. The number of aryl methyl sites for hydroxylation is 1. The first-order valence-corrected chi connectivity index (χ1v) is 5.02. The summed E-state index contributed by atoms with van der Waals surface area (Å²) in [6.07, 6.45) is 1.01. The van der Waals surface area contributed by atoms with Crippen molar-refractivity contribution in [2.75, 3.05) is 14.2 Å². The van der Waals surface area contributed by atoms with E-state index in [1.807, 2.05) is 32.0 Å². The lowest BCUT2D eigenvalue weighted by molar-refractivity contribution is 0.354. The first-order valence-electron chi connectivity index (χ1n) is 5.02. The second-order valence-electron chi connectivity index (χ2n) is 2.54. The molecule has 0 spiro atoms. The zero-order chi connectivity index (χ0) is 11.0. The fraction of sp³-hybridized carbons (Fsp3) is 0.500. The minimum atomic E-state index is 0.787. The fourth-order valence-electron chi connectivity index (χ4n) is 1.10. The van der Waals surface area contributed by atoms with Gasteiger partial charge < -0.3 is 9.47 Å². The van der Waals surface area contributed by atoms with Crippen molar-refractivity contribution in [3.8, 4) is 11.5 Å². The Labute approximate surface area is 86.9 Å². The second kappa shape index (κ2) is 7.25. The van der Waals surface area contributed by atoms with Crippen LogP contribution in [0, 0.1) is 0 Å². The van der Waals surface area contributed by atoms with Crippen molar-refractivity contribution >= 4 is 0 Å². The van der Waals surface area contributed by atoms with Gasteiger partial charge in [-0.3, -0.25) is 0 Å². The van der Waals surface area contributed by atoms with Crippen molar-refractivity contribution in [3.63, 3.8) is 0 Å². The maximum Gasteiger partial charge on any atom is 0.160 e. The van der Waals surface area contributed by atoms with Crippen molar-refractivity contribution < 1.29 is 9.47 Å². The molecule has 0 unspecified atom stereocenters. The first-order chi connectivity index (χ1) is 6.81. The summed E-state index contributed by atoms with van der Waals surface area (Å²) in [6, 6.07) is 5.97. The van der Waals surface area contributed by atoms with Gasteiger partial charge in [0.15, 0.2) is 11.5 Å². The summed E-state index contributed by atoms with van der Waals surface area (Å²) in [6.45, 7) is 6.11. The standard InChI is InChI=1S/C10H14O2.C2H6/c1-4-8-5-6-9(11-2)10(7-8)12-3;1-2/h5-7H,4H2,1-3H3;1-2H3. The topological polar surface area (TPSA) is 18.5 Å². The Kier molecular flexibility index (Phi) is 6.63. The molecule has 0 aliphatic carbocycles. The van der Waals surface area contributed by atoms with Crippen LogP contribution in [0.1, 0.15) is 26.3 Å². The Hall–Kier alpha value is -1.18. The van der Waals surface area contributed by atoms with Crippen LogP contribution in [0.2, 0.25) is 0 Å². The number of rotatable bonds is 3. The molecule has 0 aromatic heterocycles. The van der Waals surface area contributed by atoms with Crippen molar-refractivity contribution in [1.82, 2.24) is 0 Å². The molecule has 0 bridgehead atoms. The molecule has 1 aromatic rings. The lowest BCUT2D eigenvalue weighted by atomic mass is 10.1. The van der Waals surface area contributed by atoms with E-state index in [0.717, 1.165) is 17.9 Å². The molecular weight excluding hydrogens is 176 g/mol. The average Bonchev–Trinajstić information content (AvgIpc) is 2.30. The monoisotopic (exact) mass is 196 g/mol. The number of benzene rings is 1. The molecule has 0 N–H and O–H groups in total. The van der Waals surface area contributed by atoms with Crippen LogP contribution in [-0.2, 0) is 6.42 Å². The van der Waals surface area contributed by atoms with Crippen molar-refractivity contribution in [2.24, 2.45) is 0 Å². The Balaban J connectivity index is 0.000000791. The van der Waals surface area contributed by atoms with Gasteiger partial charge >= 0.3 is 0 Å². The summed E-state index contributed by atoms with van der Waals surface area (Å²) in [5, 5.41) is 0. The Morgan fingerprint density at radius 1 is 1.00 bits per heavy atom. The molecule has 0 saturated heterocycles. The lowest BCUT2D eigenvalue weighted by Gasteiger charge is -2.07. The highest BCUT2D eigenvalue weighted by molar-refractivity contribution is 5.42. The molecule has 0 amide bonds. The van der Waals surface area contributed by atoms with E-state index in [1.165, 1.54) is 5.56 Å². The van der Waals surface area contributed by atoms with E-state index >= 15 is 0 Å². The fourth-order valence-corrected chi connectivity index (χ4v) is 1.10. The van der Waals surface area contributed by atoms with Gasteiger partial charge in [-0.15, -0.1) is 0 Å². The largest absolute Gasteiger partial charge is 0.493 e. The molecule has 80 valence electrons. The Morgan fingerprint density at radius 2 is 1.57 bits per heavy atom. The molecule has 14 heavy (non-hydrogen) atoms. The quantitative estimate of drug-likeness (QED) is 0.738. The summed E-state index contributed by atoms with van der Waals surface area (Å²) in [7, 11) is 3.29. The van der Waals surface area contributed by atoms with E-state index in [0.29, 0.717) is 0 Å². The molecule has 0 atom stereocenters. The Bertz CT molecular complexity index is 256. The predicted octanol–water partition coefficient (Wildman–Crippen LogP) is 3.29. The minimum absolute atomic E-state index is 0.787. The molecule has 0 saturated carbocycles. The van der Waals surface area contributed by atoms with Crippen molar-refractivity contribution in [3.05, 3.63) is 23.8 Å². The van der Waals surface area contributed by atoms with Crippen LogP contribution in [0.4, 0.5) is 0 Å². The zero-order valence-electron chi connectivity index (χ0n) is 9.76. The predicted molar refractivity (Wildman–Crippen MR) is 60.3 cm³/mol. The molecule has 2 nitrogen and oxygen atoms in total. The van der Waals surface area contributed by atoms with Gasteiger partial charge in [0.05, 0.1) is 14.2 Å². The summed E-state index contributed by atoms with van der Waals surface area (Å²) < 4.78 is 10.3. The molecule has 1 aromatic carbocycles. The van der Waals surface area contributed by atoms with E-state index in [4.69, 9.17) is 9.47 Å². The maximum atomic E-state index is 5.15. The molecular formula is C12H20O2. The molecule has 0 aliphatic rings. The summed E-state index contributed by atoms with van der Waals surface area (Å²) in [4.78, 5) is 0. The van der Waals surface area contributed by atoms with Crippen molar-refractivity contribution in [1.29, 1.82) is 0 Å². The van der Waals surface area contributed by atoms with Gasteiger partial charge in [-0.2, -0.15) is 0 Å². The van der Waals surface area contributed by atoms with E-state index in [1.54, 1.807) is 14.2 Å². The molecule has 2 heteroatoms. The SMILES string of the molecule is CC.CCc1ccc(OC)c(OC)c1. The Morgan fingerprint density at radius 3 is 2.00 bits per heavy atom. The van der Waals surface area contributed by atoms with Crippen LogP contribution >= 0.6 is 0 Å². The molecule has 0 aliphatic heterocycles. The van der Waals surface area contributed by atoms with Crippen LogP contribution in [0.25, 0.3) is 0 Å². The lowest BCUT2D eigenvalue weighted by Crippen LogP contribution is -1.91. The number of hydrogen-bond acceptors (Lipinski definition) is 2. The van der Waals surface area contributed by atoms with Gasteiger partial charge in [-0.1, -0.05) is 26.8 Å². The summed E-state index contributed by atoms with van der Waals surface area (Å²) in [5.74, 6) is 1.59. The zero-order valence-corrected chi connectivity index (χ0v) is 9.76. The van der Waals surface area contributed by atoms with Gasteiger partial charge in [0.1, 0.15) is 0 Å². The second-order valence-corrected chi connectivity index (χ2v) is 2.54. The van der Waals surface area contributed by atoms with Gasteiger partial charge in [0, 0.05) is 0 Å². The van der Waals surface area contributed by atoms with E-state index in [-0.39, 0.29) is 0 Å². The molecule has 0 heterocycles. The number of methoxy groups -OCH3 is 2. The van der Waals surface area contributed by atoms with Gasteiger partial charge in [-0.25, -0.2) is 0 Å². The van der Waals surface area contributed by atoms with Crippen molar-refractivity contribution in [2.45, 2.75) is 27.2 Å². The van der Waals surface area contributed by atoms with E-state index < -0.39 is 0 Å². The summed E-state index contributed by atoms with van der Waals surface area (Å²) in [5.41, 5.74) is 1.26.